The third kappa shape index (κ3) is 4.99. The zero-order chi connectivity index (χ0) is 12.5. The molecule has 0 saturated heterocycles. The van der Waals surface area contributed by atoms with Crippen molar-refractivity contribution in [3.63, 3.8) is 0 Å². The molecule has 1 N–H and O–H groups in total. The number of anilines is 1. The summed E-state index contributed by atoms with van der Waals surface area (Å²) in [5, 5.41) is 3.19. The van der Waals surface area contributed by atoms with Gasteiger partial charge in [0.05, 0.1) is 7.11 Å². The largest absolute Gasteiger partial charge is 0.481 e. The van der Waals surface area contributed by atoms with E-state index >= 15 is 0 Å². The molecule has 0 atom stereocenters. The van der Waals surface area contributed by atoms with Crippen LogP contribution in [0.25, 0.3) is 0 Å². The van der Waals surface area contributed by atoms with E-state index in [0.717, 1.165) is 32.6 Å². The molecule has 0 aliphatic heterocycles. The number of hydrogen-bond acceptors (Lipinski definition) is 5. The molecule has 1 rings (SSSR count). The van der Waals surface area contributed by atoms with E-state index in [0.29, 0.717) is 11.8 Å². The Labute approximate surface area is 103 Å². The van der Waals surface area contributed by atoms with Crippen molar-refractivity contribution in [1.29, 1.82) is 0 Å². The molecule has 0 saturated carbocycles. The summed E-state index contributed by atoms with van der Waals surface area (Å²) in [5.74, 6) is 1.22. The fourth-order valence-corrected chi connectivity index (χ4v) is 1.58. The number of hydrogen-bond donors (Lipinski definition) is 1. The summed E-state index contributed by atoms with van der Waals surface area (Å²) in [6.07, 6.45) is 2.78. The second-order valence-electron chi connectivity index (χ2n) is 3.73. The first-order valence-electron chi connectivity index (χ1n) is 6.13. The van der Waals surface area contributed by atoms with Gasteiger partial charge >= 0.3 is 0 Å². The number of nitrogens with one attached hydrogen (secondary N) is 1. The Balaban J connectivity index is 2.26. The first kappa shape index (κ1) is 13.7. The van der Waals surface area contributed by atoms with Gasteiger partial charge in [0.25, 0.3) is 0 Å². The van der Waals surface area contributed by atoms with Crippen LogP contribution in [0.3, 0.4) is 0 Å². The molecule has 5 heteroatoms. The van der Waals surface area contributed by atoms with E-state index in [-0.39, 0.29) is 0 Å². The summed E-state index contributed by atoms with van der Waals surface area (Å²) in [7, 11) is 1.60. The molecule has 96 valence electrons. The minimum absolute atomic E-state index is 0.589. The van der Waals surface area contributed by atoms with Gasteiger partial charge in [0.2, 0.25) is 11.8 Å². The van der Waals surface area contributed by atoms with Crippen molar-refractivity contribution in [3.05, 3.63) is 12.3 Å². The molecular weight excluding hydrogens is 216 g/mol. The molecule has 0 aliphatic rings. The maximum Gasteiger partial charge on any atom is 0.225 e. The van der Waals surface area contributed by atoms with Crippen LogP contribution in [0, 0.1) is 0 Å². The predicted molar refractivity (Wildman–Crippen MR) is 69.5 cm³/mol. The van der Waals surface area contributed by atoms with Crippen LogP contribution in [0.4, 0.5) is 5.95 Å². The number of ether oxygens (including phenoxy) is 1. The summed E-state index contributed by atoms with van der Waals surface area (Å²) in [6.45, 7) is 8.55. The molecule has 5 nitrogen and oxygen atoms in total. The van der Waals surface area contributed by atoms with Gasteiger partial charge in [-0.2, -0.15) is 4.98 Å². The standard InChI is InChI=1S/C12H22N4O/c1-4-16(5-2)10-6-8-13-12-14-9-7-11(15-12)17-3/h7,9H,4-6,8,10H2,1-3H3,(H,13,14,15). The lowest BCUT2D eigenvalue weighted by Crippen LogP contribution is -2.25. The van der Waals surface area contributed by atoms with Gasteiger partial charge in [-0.25, -0.2) is 4.98 Å². The smallest absolute Gasteiger partial charge is 0.225 e. The van der Waals surface area contributed by atoms with E-state index in [1.807, 2.05) is 0 Å². The number of rotatable bonds is 8. The fourth-order valence-electron chi connectivity index (χ4n) is 1.58. The Bertz CT molecular complexity index is 315. The van der Waals surface area contributed by atoms with Gasteiger partial charge < -0.3 is 15.0 Å². The van der Waals surface area contributed by atoms with Crippen molar-refractivity contribution in [3.8, 4) is 5.88 Å². The molecular formula is C12H22N4O. The average Bonchev–Trinajstić information content (AvgIpc) is 2.39. The fraction of sp³-hybridized carbons (Fsp3) is 0.667. The molecule has 0 amide bonds. The normalized spacial score (nSPS) is 10.6. The highest BCUT2D eigenvalue weighted by Crippen LogP contribution is 2.06. The highest BCUT2D eigenvalue weighted by molar-refractivity contribution is 5.26. The van der Waals surface area contributed by atoms with E-state index in [1.54, 1.807) is 19.4 Å². The maximum absolute atomic E-state index is 5.03. The molecule has 17 heavy (non-hydrogen) atoms. The van der Waals surface area contributed by atoms with Crippen LogP contribution in [0.5, 0.6) is 5.88 Å². The Hall–Kier alpha value is -1.36. The van der Waals surface area contributed by atoms with Gasteiger partial charge in [-0.1, -0.05) is 13.8 Å². The van der Waals surface area contributed by atoms with Crippen molar-refractivity contribution >= 4 is 5.95 Å². The first-order chi connectivity index (χ1) is 8.30. The van der Waals surface area contributed by atoms with Crippen LogP contribution in [0.2, 0.25) is 0 Å². The summed E-state index contributed by atoms with van der Waals surface area (Å²) < 4.78 is 5.03. The SMILES string of the molecule is CCN(CC)CCCNc1nccc(OC)n1. The molecule has 1 aromatic heterocycles. The Kier molecular flexibility index (Phi) is 6.32. The molecule has 0 radical (unpaired) electrons. The molecule has 0 aliphatic carbocycles. The lowest BCUT2D eigenvalue weighted by molar-refractivity contribution is 0.303. The number of nitrogens with zero attached hydrogens (tertiary/aromatic N) is 3. The minimum atomic E-state index is 0.589. The van der Waals surface area contributed by atoms with Crippen LogP contribution in [-0.4, -0.2) is 48.2 Å². The van der Waals surface area contributed by atoms with Gasteiger partial charge in [-0.15, -0.1) is 0 Å². The molecule has 0 unspecified atom stereocenters. The molecule has 0 aromatic carbocycles. The maximum atomic E-state index is 5.03. The second-order valence-corrected chi connectivity index (χ2v) is 3.73. The van der Waals surface area contributed by atoms with E-state index in [9.17, 15) is 0 Å². The third-order valence-electron chi connectivity index (χ3n) is 2.67. The lowest BCUT2D eigenvalue weighted by Gasteiger charge is -2.17. The van der Waals surface area contributed by atoms with Crippen LogP contribution in [0.15, 0.2) is 12.3 Å². The van der Waals surface area contributed by atoms with Gasteiger partial charge in [0, 0.05) is 18.8 Å². The molecule has 0 bridgehead atoms. The quantitative estimate of drug-likeness (QED) is 0.698. The molecule has 1 aromatic rings. The average molecular weight is 238 g/mol. The first-order valence-corrected chi connectivity index (χ1v) is 6.13. The topological polar surface area (TPSA) is 50.3 Å². The van der Waals surface area contributed by atoms with Crippen molar-refractivity contribution in [2.45, 2.75) is 20.3 Å². The number of aromatic nitrogens is 2. The van der Waals surface area contributed by atoms with Gasteiger partial charge in [-0.05, 0) is 26.1 Å². The molecule has 0 fully saturated rings. The van der Waals surface area contributed by atoms with Crippen molar-refractivity contribution < 1.29 is 4.74 Å². The van der Waals surface area contributed by atoms with Gasteiger partial charge in [-0.3, -0.25) is 0 Å². The van der Waals surface area contributed by atoms with Crippen molar-refractivity contribution in [1.82, 2.24) is 14.9 Å². The lowest BCUT2D eigenvalue weighted by atomic mass is 10.3. The number of methoxy groups -OCH3 is 1. The highest BCUT2D eigenvalue weighted by Gasteiger charge is 2.00. The zero-order valence-corrected chi connectivity index (χ0v) is 10.9. The van der Waals surface area contributed by atoms with Crippen LogP contribution in [0.1, 0.15) is 20.3 Å². The van der Waals surface area contributed by atoms with Crippen LogP contribution in [-0.2, 0) is 0 Å². The molecule has 1 heterocycles. The Morgan fingerprint density at radius 1 is 1.35 bits per heavy atom. The predicted octanol–water partition coefficient (Wildman–Crippen LogP) is 1.63. The molecule has 0 spiro atoms. The third-order valence-corrected chi connectivity index (χ3v) is 2.67. The van der Waals surface area contributed by atoms with Crippen LogP contribution >= 0.6 is 0 Å². The summed E-state index contributed by atoms with van der Waals surface area (Å²) in [4.78, 5) is 10.7. The summed E-state index contributed by atoms with van der Waals surface area (Å²) in [6, 6.07) is 1.74. The van der Waals surface area contributed by atoms with Crippen molar-refractivity contribution in [2.75, 3.05) is 38.6 Å². The monoisotopic (exact) mass is 238 g/mol. The zero-order valence-electron chi connectivity index (χ0n) is 10.9. The highest BCUT2D eigenvalue weighted by atomic mass is 16.5. The van der Waals surface area contributed by atoms with Gasteiger partial charge in [0.15, 0.2) is 0 Å². The minimum Gasteiger partial charge on any atom is -0.481 e. The second kappa shape index (κ2) is 7.84. The summed E-state index contributed by atoms with van der Waals surface area (Å²) >= 11 is 0. The van der Waals surface area contributed by atoms with Gasteiger partial charge in [0.1, 0.15) is 0 Å². The van der Waals surface area contributed by atoms with Crippen molar-refractivity contribution in [2.24, 2.45) is 0 Å². The Morgan fingerprint density at radius 3 is 2.76 bits per heavy atom. The Morgan fingerprint density at radius 2 is 2.12 bits per heavy atom. The van der Waals surface area contributed by atoms with E-state index in [1.165, 1.54) is 0 Å². The van der Waals surface area contributed by atoms with E-state index in [4.69, 9.17) is 4.74 Å². The van der Waals surface area contributed by atoms with E-state index < -0.39 is 0 Å². The van der Waals surface area contributed by atoms with E-state index in [2.05, 4.69) is 34.0 Å². The summed E-state index contributed by atoms with van der Waals surface area (Å²) in [5.41, 5.74) is 0. The van der Waals surface area contributed by atoms with Crippen LogP contribution < -0.4 is 10.1 Å².